The van der Waals surface area contributed by atoms with Crippen molar-refractivity contribution < 1.29 is 8.95 Å². The van der Waals surface area contributed by atoms with E-state index in [9.17, 15) is 4.21 Å². The topological polar surface area (TPSA) is 83.0 Å². The molecule has 0 spiro atoms. The number of nitrogens with zero attached hydrogens (tertiary/aromatic N) is 3. The van der Waals surface area contributed by atoms with Crippen LogP contribution in [0.2, 0.25) is 0 Å². The second-order valence-corrected chi connectivity index (χ2v) is 6.03. The van der Waals surface area contributed by atoms with E-state index in [1.165, 1.54) is 6.33 Å². The van der Waals surface area contributed by atoms with Gasteiger partial charge in [-0.25, -0.2) is 9.67 Å². The van der Waals surface area contributed by atoms with Crippen molar-refractivity contribution in [3.05, 3.63) is 30.4 Å². The molecule has 7 heteroatoms. The fourth-order valence-corrected chi connectivity index (χ4v) is 3.02. The number of anilines is 1. The van der Waals surface area contributed by atoms with Gasteiger partial charge in [0.05, 0.1) is 28.6 Å². The van der Waals surface area contributed by atoms with E-state index < -0.39 is 10.8 Å². The summed E-state index contributed by atoms with van der Waals surface area (Å²) in [5, 5.41) is 4.13. The van der Waals surface area contributed by atoms with Gasteiger partial charge in [-0.15, -0.1) is 0 Å². The maximum atomic E-state index is 12.5. The maximum Gasteiger partial charge on any atom is 0.140 e. The Morgan fingerprint density at radius 2 is 2.20 bits per heavy atom. The molecule has 0 saturated heterocycles. The minimum atomic E-state index is -1.29. The first-order valence-electron chi connectivity index (χ1n) is 6.23. The smallest absolute Gasteiger partial charge is 0.140 e. The highest BCUT2D eigenvalue weighted by Gasteiger charge is 2.15. The minimum Gasteiger partial charge on any atom is -0.497 e. The first-order valence-corrected chi connectivity index (χ1v) is 7.55. The van der Waals surface area contributed by atoms with Crippen molar-refractivity contribution in [2.45, 2.75) is 30.5 Å². The van der Waals surface area contributed by atoms with E-state index in [4.69, 9.17) is 10.5 Å². The van der Waals surface area contributed by atoms with E-state index in [1.807, 2.05) is 13.8 Å². The zero-order valence-corrected chi connectivity index (χ0v) is 12.6. The highest BCUT2D eigenvalue weighted by atomic mass is 32.2. The van der Waals surface area contributed by atoms with Gasteiger partial charge in [0.15, 0.2) is 0 Å². The van der Waals surface area contributed by atoms with Crippen LogP contribution in [-0.4, -0.2) is 26.1 Å². The van der Waals surface area contributed by atoms with Crippen LogP contribution in [0.3, 0.4) is 0 Å². The van der Waals surface area contributed by atoms with Crippen molar-refractivity contribution in [3.8, 4) is 5.75 Å². The summed E-state index contributed by atoms with van der Waals surface area (Å²) in [5.74, 6) is 1.59. The number of benzene rings is 1. The molecule has 0 radical (unpaired) electrons. The molecule has 0 aliphatic rings. The van der Waals surface area contributed by atoms with E-state index in [0.29, 0.717) is 22.2 Å². The Labute approximate surface area is 120 Å². The molecular formula is C13H18N4O2S. The van der Waals surface area contributed by atoms with Crippen molar-refractivity contribution in [3.63, 3.8) is 0 Å². The molecule has 0 bridgehead atoms. The molecule has 108 valence electrons. The van der Waals surface area contributed by atoms with E-state index in [0.717, 1.165) is 0 Å². The molecule has 1 atom stereocenters. The zero-order chi connectivity index (χ0) is 14.7. The molecule has 0 amide bonds. The summed E-state index contributed by atoms with van der Waals surface area (Å²) in [6.07, 6.45) is 1.47. The van der Waals surface area contributed by atoms with Gasteiger partial charge in [-0.1, -0.05) is 0 Å². The van der Waals surface area contributed by atoms with Crippen LogP contribution >= 0.6 is 0 Å². The van der Waals surface area contributed by atoms with Crippen LogP contribution in [0, 0.1) is 0 Å². The number of hydrogen-bond acceptors (Lipinski definition) is 5. The van der Waals surface area contributed by atoms with Crippen LogP contribution in [-0.2, 0) is 16.6 Å². The van der Waals surface area contributed by atoms with Crippen LogP contribution in [0.25, 0.3) is 0 Å². The lowest BCUT2D eigenvalue weighted by Crippen LogP contribution is -2.11. The molecule has 0 aliphatic heterocycles. The van der Waals surface area contributed by atoms with Gasteiger partial charge >= 0.3 is 0 Å². The van der Waals surface area contributed by atoms with Crippen LogP contribution in [0.4, 0.5) is 5.69 Å². The normalized spacial score (nSPS) is 12.6. The number of hydrogen-bond donors (Lipinski definition) is 1. The number of aromatic nitrogens is 3. The monoisotopic (exact) mass is 294 g/mol. The number of nitrogen functional groups attached to an aromatic ring is 1. The molecule has 1 aromatic carbocycles. The fraction of sp³-hybridized carbons (Fsp3) is 0.385. The van der Waals surface area contributed by atoms with Gasteiger partial charge in [0.1, 0.15) is 17.9 Å². The van der Waals surface area contributed by atoms with Crippen molar-refractivity contribution in [1.29, 1.82) is 0 Å². The molecule has 20 heavy (non-hydrogen) atoms. The zero-order valence-electron chi connectivity index (χ0n) is 11.7. The summed E-state index contributed by atoms with van der Waals surface area (Å²) in [6.45, 7) is 4.00. The van der Waals surface area contributed by atoms with Gasteiger partial charge in [0, 0.05) is 11.7 Å². The predicted octanol–water partition coefficient (Wildman–Crippen LogP) is 1.76. The average Bonchev–Trinajstić information content (AvgIpc) is 2.87. The van der Waals surface area contributed by atoms with Crippen molar-refractivity contribution in [2.75, 3.05) is 12.8 Å². The van der Waals surface area contributed by atoms with Crippen molar-refractivity contribution in [1.82, 2.24) is 14.8 Å². The summed E-state index contributed by atoms with van der Waals surface area (Å²) in [5.41, 5.74) is 6.37. The fourth-order valence-electron chi connectivity index (χ4n) is 1.84. The Bertz CT molecular complexity index is 625. The Morgan fingerprint density at radius 1 is 1.45 bits per heavy atom. The lowest BCUT2D eigenvalue weighted by molar-refractivity contribution is 0.413. The van der Waals surface area contributed by atoms with Crippen LogP contribution in [0.1, 0.15) is 25.7 Å². The maximum absolute atomic E-state index is 12.5. The standard InChI is InChI=1S/C13H18N4O2S/c1-9(2)17-13(15-8-16-17)7-20(18)12-6-10(19-3)4-5-11(12)14/h4-6,8-9H,7,14H2,1-3H3. The SMILES string of the molecule is COc1ccc(N)c(S(=O)Cc2ncnn2C(C)C)c1. The largest absolute Gasteiger partial charge is 0.497 e. The van der Waals surface area contributed by atoms with E-state index in [2.05, 4.69) is 10.1 Å². The molecule has 1 aromatic heterocycles. The first kappa shape index (κ1) is 14.5. The van der Waals surface area contributed by atoms with E-state index >= 15 is 0 Å². The first-order chi connectivity index (χ1) is 9.52. The predicted molar refractivity (Wildman–Crippen MR) is 77.9 cm³/mol. The summed E-state index contributed by atoms with van der Waals surface area (Å²) < 4.78 is 19.4. The third-order valence-corrected chi connectivity index (χ3v) is 4.23. The number of rotatable bonds is 5. The van der Waals surface area contributed by atoms with E-state index in [-0.39, 0.29) is 11.8 Å². The summed E-state index contributed by atoms with van der Waals surface area (Å²) >= 11 is 0. The Morgan fingerprint density at radius 3 is 2.85 bits per heavy atom. The van der Waals surface area contributed by atoms with Gasteiger partial charge in [0.2, 0.25) is 0 Å². The number of methoxy groups -OCH3 is 1. The lowest BCUT2D eigenvalue weighted by atomic mass is 10.3. The molecule has 1 unspecified atom stereocenters. The number of ether oxygens (including phenoxy) is 1. The minimum absolute atomic E-state index is 0.173. The third kappa shape index (κ3) is 2.98. The van der Waals surface area contributed by atoms with Gasteiger partial charge in [0.25, 0.3) is 0 Å². The van der Waals surface area contributed by atoms with Crippen molar-refractivity contribution >= 4 is 16.5 Å². The summed E-state index contributed by atoms with van der Waals surface area (Å²) in [7, 11) is 0.272. The van der Waals surface area contributed by atoms with Gasteiger partial charge in [-0.3, -0.25) is 4.21 Å². The second-order valence-electron chi connectivity index (χ2n) is 4.61. The molecule has 0 saturated carbocycles. The Balaban J connectivity index is 2.26. The molecule has 0 aliphatic carbocycles. The third-order valence-electron chi connectivity index (χ3n) is 2.86. The van der Waals surface area contributed by atoms with Gasteiger partial charge in [-0.05, 0) is 32.0 Å². The molecular weight excluding hydrogens is 276 g/mol. The Hall–Kier alpha value is -1.89. The van der Waals surface area contributed by atoms with Crippen molar-refractivity contribution in [2.24, 2.45) is 0 Å². The summed E-state index contributed by atoms with van der Waals surface area (Å²) in [4.78, 5) is 4.72. The van der Waals surface area contributed by atoms with Crippen LogP contribution < -0.4 is 10.5 Å². The average molecular weight is 294 g/mol. The molecule has 2 N–H and O–H groups in total. The highest BCUT2D eigenvalue weighted by Crippen LogP contribution is 2.24. The number of nitrogens with two attached hydrogens (primary N) is 1. The highest BCUT2D eigenvalue weighted by molar-refractivity contribution is 7.84. The lowest BCUT2D eigenvalue weighted by Gasteiger charge is -2.11. The summed E-state index contributed by atoms with van der Waals surface area (Å²) in [6, 6.07) is 5.31. The Kier molecular flexibility index (Phi) is 4.39. The molecule has 6 nitrogen and oxygen atoms in total. The van der Waals surface area contributed by atoms with Gasteiger partial charge < -0.3 is 10.5 Å². The molecule has 0 fully saturated rings. The molecule has 2 rings (SSSR count). The van der Waals surface area contributed by atoms with E-state index in [1.54, 1.807) is 30.0 Å². The molecule has 2 aromatic rings. The second kappa shape index (κ2) is 6.04. The van der Waals surface area contributed by atoms with Crippen LogP contribution in [0.15, 0.2) is 29.4 Å². The van der Waals surface area contributed by atoms with Gasteiger partial charge in [-0.2, -0.15) is 5.10 Å². The quantitative estimate of drug-likeness (QED) is 0.850. The van der Waals surface area contributed by atoms with Crippen LogP contribution in [0.5, 0.6) is 5.75 Å². The molecule has 1 heterocycles.